The van der Waals surface area contributed by atoms with Crippen LogP contribution in [0.25, 0.3) is 0 Å². The van der Waals surface area contributed by atoms with Crippen molar-refractivity contribution < 1.29 is 4.79 Å². The van der Waals surface area contributed by atoms with Gasteiger partial charge in [-0.2, -0.15) is 0 Å². The van der Waals surface area contributed by atoms with Crippen molar-refractivity contribution in [2.75, 3.05) is 19.6 Å². The van der Waals surface area contributed by atoms with Gasteiger partial charge in [-0.3, -0.25) is 4.79 Å². The predicted molar refractivity (Wildman–Crippen MR) is 103 cm³/mol. The lowest BCUT2D eigenvalue weighted by Crippen LogP contribution is -2.39. The fourth-order valence-electron chi connectivity index (χ4n) is 3.72. The van der Waals surface area contributed by atoms with Gasteiger partial charge in [-0.15, -0.1) is 22.6 Å². The number of likely N-dealkylation sites (tertiary alicyclic amines) is 1. The summed E-state index contributed by atoms with van der Waals surface area (Å²) >= 11 is 6.06. The normalized spacial score (nSPS) is 17.5. The molecular formula is C18H23Cl2N5O. The van der Waals surface area contributed by atoms with E-state index in [1.165, 1.54) is 0 Å². The highest BCUT2D eigenvalue weighted by atomic mass is 35.5. The van der Waals surface area contributed by atoms with Gasteiger partial charge in [-0.1, -0.05) is 11.6 Å². The van der Waals surface area contributed by atoms with E-state index in [-0.39, 0.29) is 18.3 Å². The Hall–Kier alpha value is -1.63. The summed E-state index contributed by atoms with van der Waals surface area (Å²) in [6, 6.07) is 5.48. The zero-order valence-corrected chi connectivity index (χ0v) is 16.3. The van der Waals surface area contributed by atoms with Crippen LogP contribution in [0.4, 0.5) is 0 Å². The number of hydrogen-bond acceptors (Lipinski definition) is 4. The standard InChI is InChI=1S/C18H22ClN5O.ClH/c1-12-10-14(2-3-15(12)19)18(25)23-7-4-13(5-8-23)17-22-21-16-11-20-6-9-24(16)17;/h2-3,10,13,20H,4-9,11H2,1H3;1H. The van der Waals surface area contributed by atoms with Crippen molar-refractivity contribution in [3.8, 4) is 0 Å². The Labute approximate surface area is 164 Å². The number of nitrogens with one attached hydrogen (secondary N) is 1. The number of piperidine rings is 1. The van der Waals surface area contributed by atoms with E-state index in [2.05, 4.69) is 20.1 Å². The first-order chi connectivity index (χ1) is 12.1. The molecule has 0 saturated carbocycles. The summed E-state index contributed by atoms with van der Waals surface area (Å²) in [5, 5.41) is 12.8. The van der Waals surface area contributed by atoms with Gasteiger partial charge in [-0.25, -0.2) is 0 Å². The third-order valence-electron chi connectivity index (χ3n) is 5.20. The quantitative estimate of drug-likeness (QED) is 0.848. The van der Waals surface area contributed by atoms with Crippen LogP contribution >= 0.6 is 24.0 Å². The number of nitrogens with zero attached hydrogens (tertiary/aromatic N) is 4. The van der Waals surface area contributed by atoms with E-state index < -0.39 is 0 Å². The van der Waals surface area contributed by atoms with Gasteiger partial charge >= 0.3 is 0 Å². The SMILES string of the molecule is Cc1cc(C(=O)N2CCC(c3nnc4n3CCNC4)CC2)ccc1Cl.Cl. The second-order valence-corrected chi connectivity index (χ2v) is 7.24. The van der Waals surface area contributed by atoms with Crippen molar-refractivity contribution in [3.05, 3.63) is 46.0 Å². The number of amides is 1. The van der Waals surface area contributed by atoms with Crippen LogP contribution in [0.2, 0.25) is 5.02 Å². The van der Waals surface area contributed by atoms with Crippen molar-refractivity contribution in [3.63, 3.8) is 0 Å². The molecule has 26 heavy (non-hydrogen) atoms. The molecule has 1 saturated heterocycles. The maximum absolute atomic E-state index is 12.7. The number of aromatic nitrogens is 3. The first-order valence-electron chi connectivity index (χ1n) is 8.81. The maximum atomic E-state index is 12.7. The average molecular weight is 396 g/mol. The van der Waals surface area contributed by atoms with Crippen molar-refractivity contribution in [1.82, 2.24) is 25.0 Å². The van der Waals surface area contributed by atoms with E-state index in [1.807, 2.05) is 24.0 Å². The Morgan fingerprint density at radius 2 is 2.00 bits per heavy atom. The van der Waals surface area contributed by atoms with Gasteiger partial charge in [0, 0.05) is 42.7 Å². The van der Waals surface area contributed by atoms with Crippen LogP contribution in [0.3, 0.4) is 0 Å². The maximum Gasteiger partial charge on any atom is 0.253 e. The lowest BCUT2D eigenvalue weighted by Gasteiger charge is -2.32. The monoisotopic (exact) mass is 395 g/mol. The van der Waals surface area contributed by atoms with Crippen molar-refractivity contribution in [2.24, 2.45) is 0 Å². The van der Waals surface area contributed by atoms with Crippen LogP contribution in [0.15, 0.2) is 18.2 Å². The minimum atomic E-state index is 0. The number of carbonyl (C=O) groups is 1. The molecule has 1 aromatic carbocycles. The number of fused-ring (bicyclic) bond motifs is 1. The summed E-state index contributed by atoms with van der Waals surface area (Å²) in [4.78, 5) is 14.7. The van der Waals surface area contributed by atoms with Gasteiger partial charge in [0.05, 0.1) is 6.54 Å². The molecule has 0 aliphatic carbocycles. The summed E-state index contributed by atoms with van der Waals surface area (Å²) in [6.07, 6.45) is 1.87. The number of aryl methyl sites for hydroxylation is 1. The molecule has 0 unspecified atom stereocenters. The summed E-state index contributed by atoms with van der Waals surface area (Å²) < 4.78 is 2.25. The minimum absolute atomic E-state index is 0. The van der Waals surface area contributed by atoms with E-state index in [9.17, 15) is 4.79 Å². The van der Waals surface area contributed by atoms with Crippen LogP contribution in [-0.2, 0) is 13.1 Å². The van der Waals surface area contributed by atoms with E-state index in [4.69, 9.17) is 11.6 Å². The van der Waals surface area contributed by atoms with E-state index in [0.717, 1.165) is 62.8 Å². The Kier molecular flexibility index (Phi) is 5.85. The smallest absolute Gasteiger partial charge is 0.253 e. The Balaban J connectivity index is 0.00000196. The number of halogens is 2. The topological polar surface area (TPSA) is 63.1 Å². The Morgan fingerprint density at radius 3 is 2.73 bits per heavy atom. The number of benzene rings is 1. The first-order valence-corrected chi connectivity index (χ1v) is 9.19. The molecule has 0 bridgehead atoms. The van der Waals surface area contributed by atoms with E-state index >= 15 is 0 Å². The molecule has 4 rings (SSSR count). The van der Waals surface area contributed by atoms with E-state index in [1.54, 1.807) is 6.07 Å². The second kappa shape index (κ2) is 7.94. The predicted octanol–water partition coefficient (Wildman–Crippen LogP) is 2.78. The molecule has 2 aliphatic rings. The molecule has 0 radical (unpaired) electrons. The zero-order chi connectivity index (χ0) is 17.4. The largest absolute Gasteiger partial charge is 0.339 e. The van der Waals surface area contributed by atoms with Crippen LogP contribution in [0.5, 0.6) is 0 Å². The highest BCUT2D eigenvalue weighted by Gasteiger charge is 2.29. The number of hydrogen-bond donors (Lipinski definition) is 1. The molecule has 3 heterocycles. The molecule has 8 heteroatoms. The number of rotatable bonds is 2. The Bertz CT molecular complexity index is 799. The van der Waals surface area contributed by atoms with Crippen molar-refractivity contribution in [1.29, 1.82) is 0 Å². The van der Waals surface area contributed by atoms with Gasteiger partial charge in [0.1, 0.15) is 11.6 Å². The molecule has 6 nitrogen and oxygen atoms in total. The van der Waals surface area contributed by atoms with Gasteiger partial charge in [0.15, 0.2) is 0 Å². The minimum Gasteiger partial charge on any atom is -0.339 e. The number of carbonyl (C=O) groups excluding carboxylic acids is 1. The first kappa shape index (κ1) is 19.1. The van der Waals surface area contributed by atoms with Gasteiger partial charge < -0.3 is 14.8 Å². The van der Waals surface area contributed by atoms with Crippen molar-refractivity contribution >= 4 is 29.9 Å². The molecular weight excluding hydrogens is 373 g/mol. The fraction of sp³-hybridized carbons (Fsp3) is 0.500. The van der Waals surface area contributed by atoms with Crippen molar-refractivity contribution in [2.45, 2.75) is 38.8 Å². The highest BCUT2D eigenvalue weighted by molar-refractivity contribution is 6.31. The summed E-state index contributed by atoms with van der Waals surface area (Å²) in [5.74, 6) is 2.59. The van der Waals surface area contributed by atoms with Crippen LogP contribution in [-0.4, -0.2) is 45.2 Å². The fourth-order valence-corrected chi connectivity index (χ4v) is 3.84. The molecule has 1 aromatic heterocycles. The third kappa shape index (κ3) is 3.59. The molecule has 2 aromatic rings. The highest BCUT2D eigenvalue weighted by Crippen LogP contribution is 2.29. The molecule has 1 amide bonds. The van der Waals surface area contributed by atoms with E-state index in [0.29, 0.717) is 16.5 Å². The van der Waals surface area contributed by atoms with Gasteiger partial charge in [0.2, 0.25) is 0 Å². The van der Waals surface area contributed by atoms with Crippen LogP contribution in [0, 0.1) is 6.92 Å². The molecule has 140 valence electrons. The summed E-state index contributed by atoms with van der Waals surface area (Å²) in [5.41, 5.74) is 1.65. The van der Waals surface area contributed by atoms with Crippen LogP contribution < -0.4 is 5.32 Å². The second-order valence-electron chi connectivity index (χ2n) is 6.83. The van der Waals surface area contributed by atoms with Gasteiger partial charge in [-0.05, 0) is 43.5 Å². The summed E-state index contributed by atoms with van der Waals surface area (Å²) in [7, 11) is 0. The van der Waals surface area contributed by atoms with Crippen LogP contribution in [0.1, 0.15) is 46.3 Å². The Morgan fingerprint density at radius 1 is 1.23 bits per heavy atom. The summed E-state index contributed by atoms with van der Waals surface area (Å²) in [6.45, 7) is 6.12. The molecule has 1 N–H and O–H groups in total. The molecule has 0 spiro atoms. The zero-order valence-electron chi connectivity index (χ0n) is 14.7. The van der Waals surface area contributed by atoms with Gasteiger partial charge in [0.25, 0.3) is 5.91 Å². The molecule has 1 fully saturated rings. The third-order valence-corrected chi connectivity index (χ3v) is 5.63. The lowest BCUT2D eigenvalue weighted by atomic mass is 9.95. The lowest BCUT2D eigenvalue weighted by molar-refractivity contribution is 0.0710. The molecule has 0 atom stereocenters. The molecule has 2 aliphatic heterocycles. The average Bonchev–Trinajstić information content (AvgIpc) is 3.08.